The molecule has 0 radical (unpaired) electrons. The van der Waals surface area contributed by atoms with Crippen LogP contribution in [-0.4, -0.2) is 55.5 Å². The highest BCUT2D eigenvalue weighted by molar-refractivity contribution is 5.98. The van der Waals surface area contributed by atoms with Gasteiger partial charge in [-0.1, -0.05) is 30.3 Å². The highest BCUT2D eigenvalue weighted by Gasteiger charge is 2.25. The number of anilines is 1. The molecule has 0 bridgehead atoms. The van der Waals surface area contributed by atoms with E-state index in [0.717, 1.165) is 47.9 Å². The van der Waals surface area contributed by atoms with Crippen LogP contribution in [0.15, 0.2) is 67.3 Å². The second-order valence-corrected chi connectivity index (χ2v) is 11.4. The molecule has 1 amide bonds. The van der Waals surface area contributed by atoms with E-state index in [2.05, 4.69) is 44.6 Å². The Morgan fingerprint density at radius 1 is 0.902 bits per heavy atom. The van der Waals surface area contributed by atoms with Gasteiger partial charge in [0.15, 0.2) is 5.78 Å². The maximum Gasteiger partial charge on any atom is 0.253 e. The Morgan fingerprint density at radius 3 is 2.27 bits per heavy atom. The lowest BCUT2D eigenvalue weighted by molar-refractivity contribution is 0.0712. The summed E-state index contributed by atoms with van der Waals surface area (Å²) in [5.74, 6) is 0.980. The molecule has 210 valence electrons. The molecule has 41 heavy (non-hydrogen) atoms. The lowest BCUT2D eigenvalue weighted by Crippen LogP contribution is -2.38. The normalized spacial score (nSPS) is 15.9. The zero-order chi connectivity index (χ0) is 28.3. The van der Waals surface area contributed by atoms with Gasteiger partial charge in [0.1, 0.15) is 0 Å². The standard InChI is InChI=1S/C33H36N6O2/c1-22-6-7-26(16-27(22)17-31(40)28-18-34-33(35-19-28)37-30-4-3-5-30)32(41)39-14-12-25(13-15-39)23-8-10-24(11-9-23)29-20-36-38(2)21-29/h6-11,16,18-21,25,30H,3-5,12-15,17H2,1-2H3,(H,34,35,37). The van der Waals surface area contributed by atoms with Gasteiger partial charge in [-0.3, -0.25) is 14.3 Å². The van der Waals surface area contributed by atoms with E-state index >= 15 is 0 Å². The zero-order valence-electron chi connectivity index (χ0n) is 23.7. The maximum absolute atomic E-state index is 13.4. The molecule has 0 unspecified atom stereocenters. The largest absolute Gasteiger partial charge is 0.351 e. The smallest absolute Gasteiger partial charge is 0.253 e. The van der Waals surface area contributed by atoms with Crippen molar-refractivity contribution in [2.45, 2.75) is 57.4 Å². The Morgan fingerprint density at radius 2 is 1.63 bits per heavy atom. The summed E-state index contributed by atoms with van der Waals surface area (Å²) >= 11 is 0. The van der Waals surface area contributed by atoms with E-state index in [1.165, 1.54) is 12.0 Å². The quantitative estimate of drug-likeness (QED) is 0.288. The number of carbonyl (C=O) groups excluding carboxylic acids is 2. The van der Waals surface area contributed by atoms with Crippen molar-refractivity contribution < 1.29 is 9.59 Å². The number of Topliss-reactive ketones (excluding diaryl/α,β-unsaturated/α-hetero) is 1. The van der Waals surface area contributed by atoms with Crippen LogP contribution in [0.2, 0.25) is 0 Å². The van der Waals surface area contributed by atoms with Crippen molar-refractivity contribution >= 4 is 17.6 Å². The molecule has 6 rings (SSSR count). The van der Waals surface area contributed by atoms with Crippen LogP contribution in [0.3, 0.4) is 0 Å². The van der Waals surface area contributed by atoms with Gasteiger partial charge in [0, 0.05) is 62.3 Å². The summed E-state index contributed by atoms with van der Waals surface area (Å²) in [5, 5.41) is 7.56. The van der Waals surface area contributed by atoms with E-state index in [4.69, 9.17) is 0 Å². The molecule has 2 aromatic carbocycles. The van der Waals surface area contributed by atoms with E-state index in [9.17, 15) is 9.59 Å². The van der Waals surface area contributed by atoms with Gasteiger partial charge >= 0.3 is 0 Å². The molecule has 2 aliphatic rings. The van der Waals surface area contributed by atoms with Crippen molar-refractivity contribution in [3.63, 3.8) is 0 Å². The van der Waals surface area contributed by atoms with Crippen LogP contribution in [0.4, 0.5) is 5.95 Å². The number of piperidine rings is 1. The predicted octanol–water partition coefficient (Wildman–Crippen LogP) is 5.60. The van der Waals surface area contributed by atoms with Crippen molar-refractivity contribution in [3.8, 4) is 11.1 Å². The highest BCUT2D eigenvalue weighted by Crippen LogP contribution is 2.31. The van der Waals surface area contributed by atoms with Gasteiger partial charge in [-0.15, -0.1) is 0 Å². The van der Waals surface area contributed by atoms with E-state index in [1.807, 2.05) is 54.1 Å². The second-order valence-electron chi connectivity index (χ2n) is 11.4. The number of hydrogen-bond acceptors (Lipinski definition) is 6. The molecule has 1 saturated carbocycles. The molecule has 1 aliphatic heterocycles. The molecule has 8 heteroatoms. The first kappa shape index (κ1) is 26.9. The summed E-state index contributed by atoms with van der Waals surface area (Å²) in [6.45, 7) is 3.41. The molecule has 4 aromatic rings. The third-order valence-corrected chi connectivity index (χ3v) is 8.56. The monoisotopic (exact) mass is 548 g/mol. The van der Waals surface area contributed by atoms with Crippen molar-refractivity contribution in [2.75, 3.05) is 18.4 Å². The minimum atomic E-state index is -0.0525. The number of rotatable bonds is 8. The highest BCUT2D eigenvalue weighted by atomic mass is 16.2. The number of hydrogen-bond donors (Lipinski definition) is 1. The summed E-state index contributed by atoms with van der Waals surface area (Å²) in [7, 11) is 1.92. The number of amides is 1. The third-order valence-electron chi connectivity index (χ3n) is 8.56. The number of aromatic nitrogens is 4. The van der Waals surface area contributed by atoms with E-state index in [-0.39, 0.29) is 18.1 Å². The number of nitrogens with one attached hydrogen (secondary N) is 1. The van der Waals surface area contributed by atoms with E-state index < -0.39 is 0 Å². The maximum atomic E-state index is 13.4. The zero-order valence-corrected chi connectivity index (χ0v) is 23.7. The Kier molecular flexibility index (Phi) is 7.63. The third kappa shape index (κ3) is 6.06. The van der Waals surface area contributed by atoms with Crippen LogP contribution in [0, 0.1) is 6.92 Å². The minimum absolute atomic E-state index is 0.0267. The summed E-state index contributed by atoms with van der Waals surface area (Å²) in [6.07, 6.45) is 12.7. The van der Waals surface area contributed by atoms with Crippen LogP contribution in [0.25, 0.3) is 11.1 Å². The van der Waals surface area contributed by atoms with Crippen molar-refractivity contribution in [2.24, 2.45) is 7.05 Å². The lowest BCUT2D eigenvalue weighted by Gasteiger charge is -2.32. The van der Waals surface area contributed by atoms with Crippen LogP contribution >= 0.6 is 0 Å². The Bertz CT molecular complexity index is 1530. The molecule has 2 aromatic heterocycles. The summed E-state index contributed by atoms with van der Waals surface area (Å²) < 4.78 is 1.81. The Hall–Kier alpha value is -4.33. The van der Waals surface area contributed by atoms with Gasteiger partial charge in [-0.2, -0.15) is 5.10 Å². The summed E-state index contributed by atoms with van der Waals surface area (Å²) in [4.78, 5) is 37.1. The second kappa shape index (κ2) is 11.6. The average molecular weight is 549 g/mol. The molecule has 1 saturated heterocycles. The van der Waals surface area contributed by atoms with Gasteiger partial charge in [-0.25, -0.2) is 9.97 Å². The Balaban J connectivity index is 1.06. The van der Waals surface area contributed by atoms with Crippen LogP contribution < -0.4 is 5.32 Å². The molecular weight excluding hydrogens is 512 g/mol. The fourth-order valence-corrected chi connectivity index (χ4v) is 5.67. The topological polar surface area (TPSA) is 93.0 Å². The van der Waals surface area contributed by atoms with Gasteiger partial charge in [0.2, 0.25) is 5.95 Å². The van der Waals surface area contributed by atoms with E-state index in [1.54, 1.807) is 12.4 Å². The number of ketones is 1. The first-order valence-electron chi connectivity index (χ1n) is 14.5. The molecule has 1 N–H and O–H groups in total. The van der Waals surface area contributed by atoms with Gasteiger partial charge in [0.05, 0.1) is 11.8 Å². The fraction of sp³-hybridized carbons (Fsp3) is 0.364. The first-order chi connectivity index (χ1) is 19.9. The minimum Gasteiger partial charge on any atom is -0.351 e. The van der Waals surface area contributed by atoms with Crippen LogP contribution in [-0.2, 0) is 13.5 Å². The van der Waals surface area contributed by atoms with Crippen LogP contribution in [0.5, 0.6) is 0 Å². The number of benzene rings is 2. The van der Waals surface area contributed by atoms with Crippen molar-refractivity contribution in [3.05, 3.63) is 95.1 Å². The molecule has 3 heterocycles. The summed E-state index contributed by atoms with van der Waals surface area (Å²) in [6, 6.07) is 14.9. The first-order valence-corrected chi connectivity index (χ1v) is 14.5. The van der Waals surface area contributed by atoms with Gasteiger partial charge in [0.25, 0.3) is 5.91 Å². The predicted molar refractivity (Wildman–Crippen MR) is 159 cm³/mol. The molecule has 0 spiro atoms. The molecule has 8 nitrogen and oxygen atoms in total. The van der Waals surface area contributed by atoms with Crippen molar-refractivity contribution in [1.29, 1.82) is 0 Å². The Labute approximate surface area is 240 Å². The molecule has 0 atom stereocenters. The summed E-state index contributed by atoms with van der Waals surface area (Å²) in [5.41, 5.74) is 6.56. The van der Waals surface area contributed by atoms with Crippen LogP contribution in [0.1, 0.15) is 75.4 Å². The lowest BCUT2D eigenvalue weighted by atomic mass is 9.88. The van der Waals surface area contributed by atoms with Gasteiger partial charge in [-0.05, 0) is 79.3 Å². The molecular formula is C33H36N6O2. The average Bonchev–Trinajstić information content (AvgIpc) is 3.42. The number of nitrogens with zero attached hydrogens (tertiary/aromatic N) is 5. The molecule has 1 aliphatic carbocycles. The number of likely N-dealkylation sites (tertiary alicyclic amines) is 1. The van der Waals surface area contributed by atoms with E-state index in [0.29, 0.717) is 42.1 Å². The number of aryl methyl sites for hydroxylation is 2. The SMILES string of the molecule is Cc1ccc(C(=O)N2CCC(c3ccc(-c4cnn(C)c4)cc3)CC2)cc1CC(=O)c1cnc(NC2CCC2)nc1. The fourth-order valence-electron chi connectivity index (χ4n) is 5.67. The van der Waals surface area contributed by atoms with Crippen molar-refractivity contribution in [1.82, 2.24) is 24.6 Å². The van der Waals surface area contributed by atoms with Gasteiger partial charge < -0.3 is 10.2 Å². The number of carbonyl (C=O) groups is 2. The molecule has 2 fully saturated rings.